The lowest BCUT2D eigenvalue weighted by Crippen LogP contribution is -2.39. The van der Waals surface area contributed by atoms with Crippen molar-refractivity contribution in [3.8, 4) is 5.75 Å². The van der Waals surface area contributed by atoms with Crippen LogP contribution in [-0.2, 0) is 16.1 Å². The number of aromatic nitrogens is 1. The van der Waals surface area contributed by atoms with Gasteiger partial charge in [0.25, 0.3) is 0 Å². The topological polar surface area (TPSA) is 80.3 Å². The standard InChI is InChI=1S/C18H18ClN3O3/c1-25-15-5-4-13(19)9-14(15)22-17(24)18(6-7-18)16(23)21-11-12-3-2-8-20-10-12/h2-5,8-10H,6-7,11H2,1H3,(H,21,23)(H,22,24). The van der Waals surface area contributed by atoms with Crippen LogP contribution in [0.5, 0.6) is 5.75 Å². The zero-order chi connectivity index (χ0) is 17.9. The fraction of sp³-hybridized carbons (Fsp3) is 0.278. The molecule has 0 spiro atoms. The number of hydrogen-bond acceptors (Lipinski definition) is 4. The summed E-state index contributed by atoms with van der Waals surface area (Å²) in [5, 5.41) is 6.05. The largest absolute Gasteiger partial charge is 0.495 e. The molecule has 0 unspecified atom stereocenters. The molecule has 0 bridgehead atoms. The van der Waals surface area contributed by atoms with Gasteiger partial charge in [-0.15, -0.1) is 0 Å². The van der Waals surface area contributed by atoms with Crippen molar-refractivity contribution >= 4 is 29.1 Å². The van der Waals surface area contributed by atoms with Gasteiger partial charge in [-0.3, -0.25) is 14.6 Å². The molecule has 0 atom stereocenters. The first kappa shape index (κ1) is 17.2. The SMILES string of the molecule is COc1ccc(Cl)cc1NC(=O)C1(C(=O)NCc2cccnc2)CC1. The molecule has 1 aromatic carbocycles. The zero-order valence-corrected chi connectivity index (χ0v) is 14.5. The third kappa shape index (κ3) is 3.74. The first-order chi connectivity index (χ1) is 12.0. The van der Waals surface area contributed by atoms with Crippen LogP contribution in [0, 0.1) is 5.41 Å². The van der Waals surface area contributed by atoms with Gasteiger partial charge in [-0.2, -0.15) is 0 Å². The Kier molecular flexibility index (Phi) is 4.90. The maximum Gasteiger partial charge on any atom is 0.240 e. The van der Waals surface area contributed by atoms with E-state index in [1.807, 2.05) is 6.07 Å². The molecule has 3 rings (SSSR count). The Labute approximate surface area is 150 Å². The lowest BCUT2D eigenvalue weighted by Gasteiger charge is -2.17. The molecule has 1 aliphatic rings. The van der Waals surface area contributed by atoms with Gasteiger partial charge in [0.2, 0.25) is 11.8 Å². The van der Waals surface area contributed by atoms with Gasteiger partial charge in [-0.25, -0.2) is 0 Å². The number of halogens is 1. The number of nitrogens with one attached hydrogen (secondary N) is 2. The van der Waals surface area contributed by atoms with Gasteiger partial charge in [-0.05, 0) is 42.7 Å². The minimum Gasteiger partial charge on any atom is -0.495 e. The van der Waals surface area contributed by atoms with Crippen LogP contribution in [0.3, 0.4) is 0 Å². The maximum absolute atomic E-state index is 12.6. The highest BCUT2D eigenvalue weighted by atomic mass is 35.5. The van der Waals surface area contributed by atoms with Gasteiger partial charge < -0.3 is 15.4 Å². The Morgan fingerprint density at radius 2 is 2.08 bits per heavy atom. The van der Waals surface area contributed by atoms with E-state index < -0.39 is 5.41 Å². The molecule has 1 heterocycles. The molecule has 0 radical (unpaired) electrons. The lowest BCUT2D eigenvalue weighted by atomic mass is 10.0. The van der Waals surface area contributed by atoms with E-state index in [-0.39, 0.29) is 11.8 Å². The lowest BCUT2D eigenvalue weighted by molar-refractivity contribution is -0.134. The van der Waals surface area contributed by atoms with Gasteiger partial charge >= 0.3 is 0 Å². The number of anilines is 1. The number of rotatable bonds is 6. The first-order valence-corrected chi connectivity index (χ1v) is 8.25. The van der Waals surface area contributed by atoms with E-state index in [9.17, 15) is 9.59 Å². The Bertz CT molecular complexity index is 791. The molecule has 7 heteroatoms. The minimum atomic E-state index is -1.03. The molecule has 2 aromatic rings. The van der Waals surface area contributed by atoms with Gasteiger partial charge in [0.15, 0.2) is 0 Å². The Balaban J connectivity index is 1.67. The van der Waals surface area contributed by atoms with Gasteiger partial charge in [-0.1, -0.05) is 17.7 Å². The van der Waals surface area contributed by atoms with Crippen molar-refractivity contribution in [2.75, 3.05) is 12.4 Å². The quantitative estimate of drug-likeness (QED) is 0.777. The average Bonchev–Trinajstić information content (AvgIpc) is 3.43. The summed E-state index contributed by atoms with van der Waals surface area (Å²) < 4.78 is 5.22. The summed E-state index contributed by atoms with van der Waals surface area (Å²) in [6, 6.07) is 8.60. The molecule has 1 fully saturated rings. The van der Waals surface area contributed by atoms with Crippen molar-refractivity contribution in [1.82, 2.24) is 10.3 Å². The molecule has 130 valence electrons. The summed E-state index contributed by atoms with van der Waals surface area (Å²) in [6.45, 7) is 0.336. The number of benzene rings is 1. The number of carbonyl (C=O) groups is 2. The normalized spacial score (nSPS) is 14.5. The maximum atomic E-state index is 12.6. The van der Waals surface area contributed by atoms with E-state index in [1.165, 1.54) is 7.11 Å². The molecule has 0 saturated heterocycles. The van der Waals surface area contributed by atoms with Crippen molar-refractivity contribution < 1.29 is 14.3 Å². The second-order valence-corrected chi connectivity index (χ2v) is 6.36. The van der Waals surface area contributed by atoms with Gasteiger partial charge in [0, 0.05) is 24.0 Å². The second-order valence-electron chi connectivity index (χ2n) is 5.92. The summed E-state index contributed by atoms with van der Waals surface area (Å²) in [5.41, 5.74) is 0.296. The van der Waals surface area contributed by atoms with Crippen LogP contribution in [0.2, 0.25) is 5.02 Å². The fourth-order valence-electron chi connectivity index (χ4n) is 2.56. The molecule has 0 aliphatic heterocycles. The first-order valence-electron chi connectivity index (χ1n) is 7.87. The molecule has 1 saturated carbocycles. The molecular weight excluding hydrogens is 342 g/mol. The highest BCUT2D eigenvalue weighted by molar-refractivity contribution is 6.31. The molecule has 2 N–H and O–H groups in total. The summed E-state index contributed by atoms with van der Waals surface area (Å²) in [6.07, 6.45) is 4.37. The van der Waals surface area contributed by atoms with Gasteiger partial charge in [0.1, 0.15) is 11.2 Å². The van der Waals surface area contributed by atoms with E-state index in [4.69, 9.17) is 16.3 Å². The summed E-state index contributed by atoms with van der Waals surface area (Å²) in [7, 11) is 1.51. The van der Waals surface area contributed by atoms with Crippen LogP contribution >= 0.6 is 11.6 Å². The molecule has 2 amide bonds. The van der Waals surface area contributed by atoms with Gasteiger partial charge in [0.05, 0.1) is 12.8 Å². The number of hydrogen-bond donors (Lipinski definition) is 2. The smallest absolute Gasteiger partial charge is 0.240 e. The van der Waals surface area contributed by atoms with Crippen molar-refractivity contribution in [3.63, 3.8) is 0 Å². The van der Waals surface area contributed by atoms with E-state index in [2.05, 4.69) is 15.6 Å². The average molecular weight is 360 g/mol. The predicted molar refractivity (Wildman–Crippen MR) is 94.4 cm³/mol. The van der Waals surface area contributed by atoms with Crippen LogP contribution in [0.15, 0.2) is 42.7 Å². The summed E-state index contributed by atoms with van der Waals surface area (Å²) in [4.78, 5) is 29.2. The molecule has 1 aliphatic carbocycles. The number of ether oxygens (including phenoxy) is 1. The van der Waals surface area contributed by atoms with Crippen molar-refractivity contribution in [2.24, 2.45) is 5.41 Å². The van der Waals surface area contributed by atoms with Crippen LogP contribution in [0.1, 0.15) is 18.4 Å². The Hall–Kier alpha value is -2.60. The predicted octanol–water partition coefficient (Wildman–Crippen LogP) is 2.78. The Morgan fingerprint density at radius 3 is 2.72 bits per heavy atom. The van der Waals surface area contributed by atoms with Crippen LogP contribution in [-0.4, -0.2) is 23.9 Å². The highest BCUT2D eigenvalue weighted by Crippen LogP contribution is 2.47. The molecule has 6 nitrogen and oxygen atoms in total. The van der Waals surface area contributed by atoms with E-state index >= 15 is 0 Å². The number of pyridine rings is 1. The number of methoxy groups -OCH3 is 1. The number of nitrogens with zero attached hydrogens (tertiary/aromatic N) is 1. The van der Waals surface area contributed by atoms with Crippen LogP contribution in [0.4, 0.5) is 5.69 Å². The molecular formula is C18H18ClN3O3. The summed E-state index contributed by atoms with van der Waals surface area (Å²) >= 11 is 5.98. The van der Waals surface area contributed by atoms with E-state index in [0.29, 0.717) is 35.8 Å². The number of amides is 2. The molecule has 25 heavy (non-hydrogen) atoms. The molecule has 1 aromatic heterocycles. The second kappa shape index (κ2) is 7.11. The van der Waals surface area contributed by atoms with Crippen molar-refractivity contribution in [3.05, 3.63) is 53.3 Å². The van der Waals surface area contributed by atoms with E-state index in [0.717, 1.165) is 5.56 Å². The van der Waals surface area contributed by atoms with Crippen molar-refractivity contribution in [1.29, 1.82) is 0 Å². The fourth-order valence-corrected chi connectivity index (χ4v) is 2.73. The monoisotopic (exact) mass is 359 g/mol. The van der Waals surface area contributed by atoms with Crippen LogP contribution in [0.25, 0.3) is 0 Å². The number of carbonyl (C=O) groups excluding carboxylic acids is 2. The Morgan fingerprint density at radius 1 is 1.28 bits per heavy atom. The highest BCUT2D eigenvalue weighted by Gasteiger charge is 2.56. The van der Waals surface area contributed by atoms with E-state index in [1.54, 1.807) is 36.7 Å². The third-order valence-corrected chi connectivity index (χ3v) is 4.44. The van der Waals surface area contributed by atoms with Crippen molar-refractivity contribution in [2.45, 2.75) is 19.4 Å². The minimum absolute atomic E-state index is 0.283. The zero-order valence-electron chi connectivity index (χ0n) is 13.7. The summed E-state index contributed by atoms with van der Waals surface area (Å²) in [5.74, 6) is -0.143. The third-order valence-electron chi connectivity index (χ3n) is 4.20. The van der Waals surface area contributed by atoms with Crippen LogP contribution < -0.4 is 15.4 Å².